The highest BCUT2D eigenvalue weighted by Gasteiger charge is 2.45. The Morgan fingerprint density at radius 1 is 0.944 bits per heavy atom. The van der Waals surface area contributed by atoms with Crippen LogP contribution in [0.15, 0.2) is 77.4 Å². The third kappa shape index (κ3) is 7.80. The summed E-state index contributed by atoms with van der Waals surface area (Å²) in [6.45, 7) is 2.27. The lowest BCUT2D eigenvalue weighted by molar-refractivity contribution is -0.138. The number of hydrogen-bond donors (Lipinski definition) is 3. The number of benzene rings is 3. The van der Waals surface area contributed by atoms with Crippen molar-refractivity contribution in [1.82, 2.24) is 25.1 Å². The van der Waals surface area contributed by atoms with Crippen LogP contribution in [0.5, 0.6) is 0 Å². The number of fused-ring (bicyclic) bond motifs is 1. The Labute approximate surface area is 317 Å². The molecule has 1 aromatic heterocycles. The molecule has 0 aliphatic carbocycles. The average molecular weight is 806 g/mol. The topological polar surface area (TPSA) is 140 Å². The van der Waals surface area contributed by atoms with Crippen molar-refractivity contribution < 1.29 is 32.3 Å². The van der Waals surface area contributed by atoms with Gasteiger partial charge in [0.25, 0.3) is 11.8 Å². The van der Waals surface area contributed by atoms with Gasteiger partial charge in [-0.15, -0.1) is 0 Å². The van der Waals surface area contributed by atoms with Crippen molar-refractivity contribution in [2.45, 2.75) is 57.0 Å². The van der Waals surface area contributed by atoms with Gasteiger partial charge in [-0.2, -0.15) is 18.2 Å². The predicted molar refractivity (Wildman–Crippen MR) is 198 cm³/mol. The molecule has 4 aromatic rings. The second-order valence-corrected chi connectivity index (χ2v) is 14.4. The Kier molecular flexibility index (Phi) is 10.4. The number of aromatic nitrogens is 2. The number of imide groups is 2. The van der Waals surface area contributed by atoms with E-state index in [4.69, 9.17) is 0 Å². The zero-order chi connectivity index (χ0) is 38.1. The first kappa shape index (κ1) is 37.0. The van der Waals surface area contributed by atoms with Crippen LogP contribution in [0.4, 0.5) is 36.3 Å². The number of piperidine rings is 2. The standard InChI is InChI=1S/C38H36BrF3N8O4/c1-48(21-23-17-27-28(18-30(23)39)36(54)50(35(27)53)31-11-12-32(51)46-34(31)52)25-13-15-49(16-14-25)26-9-7-24(8-10-26)45-37-44-20-29(38(40,41)42)33(47-37)43-19-22-5-3-2-4-6-22/h2-10,17-18,20,25,31H,11-16,19,21H2,1H3,(H,46,51,52)(H2,43,44,45,47). The highest BCUT2D eigenvalue weighted by atomic mass is 79.9. The molecule has 0 radical (unpaired) electrons. The fourth-order valence-electron chi connectivity index (χ4n) is 7.07. The summed E-state index contributed by atoms with van der Waals surface area (Å²) in [5.74, 6) is -2.43. The van der Waals surface area contributed by atoms with E-state index < -0.39 is 41.4 Å². The zero-order valence-electron chi connectivity index (χ0n) is 29.1. The van der Waals surface area contributed by atoms with Gasteiger partial charge < -0.3 is 15.5 Å². The number of amides is 4. The Morgan fingerprint density at radius 2 is 1.63 bits per heavy atom. The Morgan fingerprint density at radius 3 is 2.30 bits per heavy atom. The fraction of sp³-hybridized carbons (Fsp3) is 0.316. The van der Waals surface area contributed by atoms with Crippen molar-refractivity contribution in [2.75, 3.05) is 35.7 Å². The van der Waals surface area contributed by atoms with E-state index in [1.165, 1.54) is 0 Å². The van der Waals surface area contributed by atoms with Crippen LogP contribution in [0.3, 0.4) is 0 Å². The smallest absolute Gasteiger partial charge is 0.371 e. The number of hydrogen-bond acceptors (Lipinski definition) is 10. The first-order valence-corrected chi connectivity index (χ1v) is 18.2. The molecule has 3 aliphatic heterocycles. The van der Waals surface area contributed by atoms with Gasteiger partial charge in [-0.1, -0.05) is 46.3 Å². The maximum Gasteiger partial charge on any atom is 0.421 e. The first-order valence-electron chi connectivity index (χ1n) is 17.4. The molecular formula is C38H36BrF3N8O4. The lowest BCUT2D eigenvalue weighted by Crippen LogP contribution is -2.54. The molecule has 1 atom stereocenters. The fourth-order valence-corrected chi connectivity index (χ4v) is 7.54. The number of nitrogens with zero attached hydrogens (tertiary/aromatic N) is 5. The molecule has 4 amide bonds. The lowest BCUT2D eigenvalue weighted by Gasteiger charge is -2.38. The van der Waals surface area contributed by atoms with Gasteiger partial charge in [-0.3, -0.25) is 34.3 Å². The summed E-state index contributed by atoms with van der Waals surface area (Å²) in [6.07, 6.45) is -1.94. The number of carbonyl (C=O) groups is 4. The largest absolute Gasteiger partial charge is 0.421 e. The van der Waals surface area contributed by atoms with E-state index in [1.54, 1.807) is 12.1 Å². The quantitative estimate of drug-likeness (QED) is 0.161. The van der Waals surface area contributed by atoms with Gasteiger partial charge in [0.1, 0.15) is 17.4 Å². The molecule has 0 bridgehead atoms. The van der Waals surface area contributed by atoms with Crippen molar-refractivity contribution in [2.24, 2.45) is 0 Å². The molecule has 54 heavy (non-hydrogen) atoms. The third-order valence-electron chi connectivity index (χ3n) is 10.00. The van der Waals surface area contributed by atoms with Crippen molar-refractivity contribution in [3.63, 3.8) is 0 Å². The maximum absolute atomic E-state index is 13.7. The van der Waals surface area contributed by atoms with Gasteiger partial charge in [-0.25, -0.2) is 4.98 Å². The van der Waals surface area contributed by atoms with Crippen LogP contribution >= 0.6 is 15.9 Å². The van der Waals surface area contributed by atoms with Gasteiger partial charge in [-0.05, 0) is 73.8 Å². The molecule has 12 nitrogen and oxygen atoms in total. The number of halogens is 4. The summed E-state index contributed by atoms with van der Waals surface area (Å²) in [5.41, 5.74) is 2.81. The van der Waals surface area contributed by atoms with Gasteiger partial charge in [0, 0.05) is 60.7 Å². The van der Waals surface area contributed by atoms with Crippen LogP contribution in [-0.2, 0) is 28.9 Å². The Hall–Kier alpha value is -5.35. The second kappa shape index (κ2) is 15.2. The van der Waals surface area contributed by atoms with E-state index in [2.05, 4.69) is 51.6 Å². The minimum absolute atomic E-state index is 0.0350. The monoisotopic (exact) mass is 804 g/mol. The van der Waals surface area contributed by atoms with Crippen molar-refractivity contribution in [1.29, 1.82) is 0 Å². The summed E-state index contributed by atoms with van der Waals surface area (Å²) < 4.78 is 41.8. The molecule has 0 saturated carbocycles. The Bertz CT molecular complexity index is 2090. The molecule has 3 aromatic carbocycles. The van der Waals surface area contributed by atoms with Gasteiger partial charge >= 0.3 is 6.18 Å². The molecule has 16 heteroatoms. The second-order valence-electron chi connectivity index (χ2n) is 13.5. The van der Waals surface area contributed by atoms with Crippen LogP contribution < -0.4 is 20.9 Å². The molecule has 4 heterocycles. The lowest BCUT2D eigenvalue weighted by atomic mass is 10.0. The Balaban J connectivity index is 0.946. The van der Waals surface area contributed by atoms with Crippen molar-refractivity contribution in [3.05, 3.63) is 105 Å². The molecule has 2 saturated heterocycles. The highest BCUT2D eigenvalue weighted by molar-refractivity contribution is 9.10. The van der Waals surface area contributed by atoms with Crippen molar-refractivity contribution >= 4 is 62.7 Å². The maximum atomic E-state index is 13.7. The molecule has 280 valence electrons. The van der Waals surface area contributed by atoms with E-state index >= 15 is 0 Å². The normalized spacial score (nSPS) is 17.9. The number of alkyl halides is 3. The first-order chi connectivity index (χ1) is 25.9. The van der Waals surface area contributed by atoms with Crippen LogP contribution in [-0.4, -0.2) is 75.6 Å². The summed E-state index contributed by atoms with van der Waals surface area (Å²) in [5, 5.41) is 8.03. The highest BCUT2D eigenvalue weighted by Crippen LogP contribution is 2.35. The van der Waals surface area contributed by atoms with Gasteiger partial charge in [0.15, 0.2) is 0 Å². The molecule has 2 fully saturated rings. The number of nitrogens with one attached hydrogen (secondary N) is 3. The molecule has 1 unspecified atom stereocenters. The summed E-state index contributed by atoms with van der Waals surface area (Å²) in [4.78, 5) is 64.1. The molecular weight excluding hydrogens is 769 g/mol. The van der Waals surface area contributed by atoms with E-state index in [-0.39, 0.29) is 48.3 Å². The third-order valence-corrected chi connectivity index (χ3v) is 10.7. The summed E-state index contributed by atoms with van der Waals surface area (Å²) in [6, 6.07) is 19.2. The summed E-state index contributed by atoms with van der Waals surface area (Å²) >= 11 is 3.58. The van der Waals surface area contributed by atoms with Crippen molar-refractivity contribution in [3.8, 4) is 0 Å². The number of carbonyl (C=O) groups excluding carboxylic acids is 4. The number of rotatable bonds is 10. The van der Waals surface area contributed by atoms with E-state index in [0.29, 0.717) is 16.7 Å². The number of anilines is 4. The predicted octanol–water partition coefficient (Wildman–Crippen LogP) is 6.12. The molecule has 3 aliphatic rings. The molecule has 3 N–H and O–H groups in total. The van der Waals surface area contributed by atoms with E-state index in [0.717, 1.165) is 53.8 Å². The van der Waals surface area contributed by atoms with Crippen LogP contribution in [0.1, 0.15) is 63.1 Å². The zero-order valence-corrected chi connectivity index (χ0v) is 30.7. The molecule has 7 rings (SSSR count). The van der Waals surface area contributed by atoms with Crippen LogP contribution in [0.2, 0.25) is 0 Å². The summed E-state index contributed by atoms with van der Waals surface area (Å²) in [7, 11) is 2.02. The average Bonchev–Trinajstić information content (AvgIpc) is 3.38. The van der Waals surface area contributed by atoms with E-state index in [9.17, 15) is 32.3 Å². The minimum Gasteiger partial charge on any atom is -0.371 e. The minimum atomic E-state index is -4.62. The van der Waals surface area contributed by atoms with Gasteiger partial charge in [0.05, 0.1) is 11.1 Å². The SMILES string of the molecule is CN(Cc1cc2c(cc1Br)C(=O)N(C1CCC(=O)NC1=O)C2=O)C1CCN(c2ccc(Nc3ncc(C(F)(F)F)c(NCc4ccccc4)n3)cc2)CC1. The molecule has 0 spiro atoms. The van der Waals surface area contributed by atoms with Crippen LogP contribution in [0.25, 0.3) is 0 Å². The van der Waals surface area contributed by atoms with Crippen LogP contribution in [0, 0.1) is 0 Å². The van der Waals surface area contributed by atoms with E-state index in [1.807, 2.05) is 61.6 Å². The van der Waals surface area contributed by atoms with Gasteiger partial charge in [0.2, 0.25) is 17.8 Å².